The number of carbonyl (C=O) groups is 1. The van der Waals surface area contributed by atoms with E-state index < -0.39 is 0 Å². The van der Waals surface area contributed by atoms with Crippen molar-refractivity contribution in [1.82, 2.24) is 15.2 Å². The van der Waals surface area contributed by atoms with Crippen LogP contribution in [-0.2, 0) is 0 Å². The third kappa shape index (κ3) is 3.37. The third-order valence-electron chi connectivity index (χ3n) is 4.85. The first-order valence-electron chi connectivity index (χ1n) is 9.03. The molecular weight excluding hydrogens is 366 g/mol. The van der Waals surface area contributed by atoms with Crippen molar-refractivity contribution >= 4 is 17.5 Å². The van der Waals surface area contributed by atoms with Crippen LogP contribution in [0.15, 0.2) is 45.4 Å². The number of aromatic nitrogens is 2. The Hall–Kier alpha value is -2.60. The van der Waals surface area contributed by atoms with Crippen LogP contribution in [0.1, 0.15) is 60.6 Å². The Bertz CT molecular complexity index is 963. The van der Waals surface area contributed by atoms with Crippen molar-refractivity contribution in [3.8, 4) is 11.3 Å². The molecule has 0 bridgehead atoms. The van der Waals surface area contributed by atoms with E-state index in [1.807, 2.05) is 24.3 Å². The average molecular weight is 386 g/mol. The molecule has 3 heterocycles. The first-order chi connectivity index (χ1) is 13.0. The topological polar surface area (TPSA) is 72.4 Å². The summed E-state index contributed by atoms with van der Waals surface area (Å²) < 4.78 is 10.9. The molecule has 0 radical (unpaired) electrons. The van der Waals surface area contributed by atoms with Crippen molar-refractivity contribution in [3.63, 3.8) is 0 Å². The molecule has 3 aromatic rings. The number of hydrogen-bond donors (Lipinski definition) is 0. The minimum Gasteiger partial charge on any atom is -0.359 e. The van der Waals surface area contributed by atoms with Crippen molar-refractivity contribution in [2.75, 3.05) is 6.54 Å². The fourth-order valence-electron chi connectivity index (χ4n) is 3.35. The molecule has 0 saturated carbocycles. The van der Waals surface area contributed by atoms with Gasteiger partial charge in [0.2, 0.25) is 0 Å². The molecule has 2 aromatic heterocycles. The molecule has 1 aliphatic heterocycles. The van der Waals surface area contributed by atoms with Crippen LogP contribution in [0.25, 0.3) is 11.3 Å². The fraction of sp³-hybridized carbons (Fsp3) is 0.350. The molecule has 1 aliphatic rings. The molecule has 140 valence electrons. The summed E-state index contributed by atoms with van der Waals surface area (Å²) in [5.74, 6) is 1.30. The predicted octanol–water partition coefficient (Wildman–Crippen LogP) is 5.08. The number of benzene rings is 1. The van der Waals surface area contributed by atoms with Gasteiger partial charge in [-0.1, -0.05) is 47.9 Å². The summed E-state index contributed by atoms with van der Waals surface area (Å²) in [7, 11) is 0. The summed E-state index contributed by atoms with van der Waals surface area (Å²) in [6.45, 7) is 4.77. The summed E-state index contributed by atoms with van der Waals surface area (Å²) in [5, 5.41) is 8.64. The second kappa shape index (κ2) is 7.19. The van der Waals surface area contributed by atoms with E-state index in [-0.39, 0.29) is 23.6 Å². The van der Waals surface area contributed by atoms with Crippen LogP contribution in [0.5, 0.6) is 0 Å². The summed E-state index contributed by atoms with van der Waals surface area (Å²) in [6, 6.07) is 10.8. The average Bonchev–Trinajstić information content (AvgIpc) is 3.40. The van der Waals surface area contributed by atoms with Crippen molar-refractivity contribution in [2.24, 2.45) is 0 Å². The lowest BCUT2D eigenvalue weighted by Gasteiger charge is -2.21. The largest absolute Gasteiger partial charge is 0.359 e. The molecule has 1 atom stereocenters. The molecule has 1 saturated heterocycles. The van der Waals surface area contributed by atoms with Crippen LogP contribution < -0.4 is 0 Å². The SMILES string of the molecule is CC(C)c1cc([C@@H]2CCCN2C(=O)c2cc(-c3ccccc3Cl)on2)on1. The van der Waals surface area contributed by atoms with Crippen LogP contribution in [0.2, 0.25) is 5.02 Å². The van der Waals surface area contributed by atoms with Gasteiger partial charge in [0.05, 0.1) is 16.8 Å². The smallest absolute Gasteiger partial charge is 0.276 e. The highest BCUT2D eigenvalue weighted by Crippen LogP contribution is 2.35. The second-order valence-electron chi connectivity index (χ2n) is 7.02. The Morgan fingerprint density at radius 1 is 1.22 bits per heavy atom. The van der Waals surface area contributed by atoms with E-state index in [4.69, 9.17) is 20.6 Å². The Balaban J connectivity index is 1.58. The van der Waals surface area contributed by atoms with Gasteiger partial charge in [-0.25, -0.2) is 0 Å². The zero-order valence-corrected chi connectivity index (χ0v) is 15.9. The van der Waals surface area contributed by atoms with E-state index in [2.05, 4.69) is 24.2 Å². The molecule has 27 heavy (non-hydrogen) atoms. The van der Waals surface area contributed by atoms with Crippen molar-refractivity contribution < 1.29 is 13.8 Å². The van der Waals surface area contributed by atoms with Crippen LogP contribution in [0.4, 0.5) is 0 Å². The lowest BCUT2D eigenvalue weighted by atomic mass is 10.1. The highest BCUT2D eigenvalue weighted by Gasteiger charge is 2.35. The van der Waals surface area contributed by atoms with Gasteiger partial charge in [-0.05, 0) is 30.9 Å². The zero-order chi connectivity index (χ0) is 19.0. The summed E-state index contributed by atoms with van der Waals surface area (Å²) in [6.07, 6.45) is 1.75. The molecule has 0 aliphatic carbocycles. The zero-order valence-electron chi connectivity index (χ0n) is 15.2. The third-order valence-corrected chi connectivity index (χ3v) is 5.18. The van der Waals surface area contributed by atoms with Crippen LogP contribution in [0, 0.1) is 0 Å². The van der Waals surface area contributed by atoms with Crippen molar-refractivity contribution in [3.05, 3.63) is 58.6 Å². The normalized spacial score (nSPS) is 17.0. The Morgan fingerprint density at radius 3 is 2.78 bits per heavy atom. The monoisotopic (exact) mass is 385 g/mol. The van der Waals surface area contributed by atoms with Crippen LogP contribution in [-0.4, -0.2) is 27.7 Å². The maximum absolute atomic E-state index is 13.0. The number of rotatable bonds is 4. The van der Waals surface area contributed by atoms with Crippen LogP contribution >= 0.6 is 11.6 Å². The summed E-state index contributed by atoms with van der Waals surface area (Å²) in [5.41, 5.74) is 1.87. The highest BCUT2D eigenvalue weighted by molar-refractivity contribution is 6.33. The van der Waals surface area contributed by atoms with E-state index in [1.165, 1.54) is 0 Å². The van der Waals surface area contributed by atoms with Gasteiger partial charge in [0.15, 0.2) is 17.2 Å². The summed E-state index contributed by atoms with van der Waals surface area (Å²) in [4.78, 5) is 14.8. The Labute approximate surface area is 162 Å². The summed E-state index contributed by atoms with van der Waals surface area (Å²) >= 11 is 6.20. The Kier molecular flexibility index (Phi) is 4.74. The van der Waals surface area contributed by atoms with E-state index in [1.54, 1.807) is 17.0 Å². The maximum atomic E-state index is 13.0. The first kappa shape index (κ1) is 17.8. The van der Waals surface area contributed by atoms with Gasteiger partial charge in [-0.2, -0.15) is 0 Å². The molecule has 0 N–H and O–H groups in total. The fourth-order valence-corrected chi connectivity index (χ4v) is 3.58. The van der Waals surface area contributed by atoms with Gasteiger partial charge in [0.1, 0.15) is 0 Å². The molecule has 1 fully saturated rings. The molecule has 4 rings (SSSR count). The quantitative estimate of drug-likeness (QED) is 0.625. The molecule has 1 aromatic carbocycles. The lowest BCUT2D eigenvalue weighted by Crippen LogP contribution is -2.30. The number of nitrogens with zero attached hydrogens (tertiary/aromatic N) is 3. The van der Waals surface area contributed by atoms with E-state index in [0.29, 0.717) is 22.9 Å². The van der Waals surface area contributed by atoms with Crippen molar-refractivity contribution in [2.45, 2.75) is 38.6 Å². The van der Waals surface area contributed by atoms with Gasteiger partial charge < -0.3 is 13.9 Å². The number of hydrogen-bond acceptors (Lipinski definition) is 5. The van der Waals surface area contributed by atoms with Gasteiger partial charge >= 0.3 is 0 Å². The van der Waals surface area contributed by atoms with E-state index in [9.17, 15) is 4.79 Å². The first-order valence-corrected chi connectivity index (χ1v) is 9.41. The van der Waals surface area contributed by atoms with Gasteiger partial charge in [-0.3, -0.25) is 4.79 Å². The molecule has 0 unspecified atom stereocenters. The predicted molar refractivity (Wildman–Crippen MR) is 101 cm³/mol. The Morgan fingerprint density at radius 2 is 2.04 bits per heavy atom. The number of carbonyl (C=O) groups excluding carboxylic acids is 1. The standard InChI is InChI=1S/C20H20ClN3O3/c1-12(2)15-10-19(27-22-15)17-8-5-9-24(17)20(25)16-11-18(26-23-16)13-6-3-4-7-14(13)21/h3-4,6-7,10-12,17H,5,8-9H2,1-2H3/t17-/m0/s1. The maximum Gasteiger partial charge on any atom is 0.276 e. The molecule has 1 amide bonds. The van der Waals surface area contributed by atoms with Crippen LogP contribution in [0.3, 0.4) is 0 Å². The molecular formula is C20H20ClN3O3. The van der Waals surface area contributed by atoms with Gasteiger partial charge in [0, 0.05) is 24.2 Å². The van der Waals surface area contributed by atoms with E-state index in [0.717, 1.165) is 24.3 Å². The minimum absolute atomic E-state index is 0.127. The van der Waals surface area contributed by atoms with Crippen molar-refractivity contribution in [1.29, 1.82) is 0 Å². The van der Waals surface area contributed by atoms with Gasteiger partial charge in [0.25, 0.3) is 5.91 Å². The number of likely N-dealkylation sites (tertiary alicyclic amines) is 1. The molecule has 0 spiro atoms. The minimum atomic E-state index is -0.179. The highest BCUT2D eigenvalue weighted by atomic mass is 35.5. The number of amides is 1. The number of halogens is 1. The molecule has 6 nitrogen and oxygen atoms in total. The molecule has 7 heteroatoms. The van der Waals surface area contributed by atoms with E-state index >= 15 is 0 Å². The lowest BCUT2D eigenvalue weighted by molar-refractivity contribution is 0.0704. The second-order valence-corrected chi connectivity index (χ2v) is 7.43. The van der Waals surface area contributed by atoms with Gasteiger partial charge in [-0.15, -0.1) is 0 Å².